The Kier molecular flexibility index (Phi) is 5.61. The van der Waals surface area contributed by atoms with Crippen LogP contribution in [0.3, 0.4) is 0 Å². The SMILES string of the molecule is COC(=O)C(C[C@H]1CCC(C)(C)O1)NC(=O)OC(C)(C)C. The number of nitrogens with one attached hydrogen (secondary N) is 1. The van der Waals surface area contributed by atoms with Crippen LogP contribution < -0.4 is 5.32 Å². The minimum absolute atomic E-state index is 0.0703. The first-order valence-corrected chi connectivity index (χ1v) is 7.27. The maximum absolute atomic E-state index is 11.8. The predicted octanol–water partition coefficient (Wildman–Crippen LogP) is 2.40. The van der Waals surface area contributed by atoms with Crippen LogP contribution in [0.25, 0.3) is 0 Å². The van der Waals surface area contributed by atoms with E-state index < -0.39 is 23.7 Å². The number of methoxy groups -OCH3 is 1. The van der Waals surface area contributed by atoms with Gasteiger partial charge >= 0.3 is 12.1 Å². The molecular weight excluding hydrogens is 274 g/mol. The molecule has 1 rings (SSSR count). The van der Waals surface area contributed by atoms with Crippen molar-refractivity contribution < 1.29 is 23.8 Å². The summed E-state index contributed by atoms with van der Waals surface area (Å²) in [6.07, 6.45) is 1.47. The molecule has 0 bridgehead atoms. The van der Waals surface area contributed by atoms with Crippen LogP contribution in [-0.4, -0.2) is 42.5 Å². The molecule has 1 aliphatic rings. The second-order valence-corrected chi connectivity index (χ2v) is 7.00. The molecule has 0 aromatic rings. The fourth-order valence-electron chi connectivity index (χ4n) is 2.31. The zero-order chi connectivity index (χ0) is 16.3. The molecule has 0 aliphatic carbocycles. The molecule has 2 atom stereocenters. The van der Waals surface area contributed by atoms with Crippen molar-refractivity contribution in [1.29, 1.82) is 0 Å². The molecule has 1 unspecified atom stereocenters. The van der Waals surface area contributed by atoms with Gasteiger partial charge in [-0.25, -0.2) is 9.59 Å². The smallest absolute Gasteiger partial charge is 0.408 e. The van der Waals surface area contributed by atoms with Crippen molar-refractivity contribution >= 4 is 12.1 Å². The van der Waals surface area contributed by atoms with Crippen LogP contribution in [0.4, 0.5) is 4.79 Å². The number of hydrogen-bond donors (Lipinski definition) is 1. The Hall–Kier alpha value is -1.30. The molecule has 1 heterocycles. The van der Waals surface area contributed by atoms with Gasteiger partial charge in [-0.3, -0.25) is 0 Å². The molecule has 6 heteroatoms. The van der Waals surface area contributed by atoms with Crippen molar-refractivity contribution in [3.05, 3.63) is 0 Å². The lowest BCUT2D eigenvalue weighted by molar-refractivity contribution is -0.144. The third kappa shape index (κ3) is 6.33. The highest BCUT2D eigenvalue weighted by molar-refractivity contribution is 5.81. The van der Waals surface area contributed by atoms with E-state index in [0.717, 1.165) is 12.8 Å². The van der Waals surface area contributed by atoms with Gasteiger partial charge < -0.3 is 19.5 Å². The van der Waals surface area contributed by atoms with Gasteiger partial charge in [0.15, 0.2) is 0 Å². The number of amides is 1. The van der Waals surface area contributed by atoms with Crippen LogP contribution in [0, 0.1) is 0 Å². The van der Waals surface area contributed by atoms with E-state index in [1.807, 2.05) is 13.8 Å². The monoisotopic (exact) mass is 301 g/mol. The molecule has 1 amide bonds. The lowest BCUT2D eigenvalue weighted by Crippen LogP contribution is -2.45. The predicted molar refractivity (Wildman–Crippen MR) is 78.0 cm³/mol. The van der Waals surface area contributed by atoms with E-state index in [-0.39, 0.29) is 11.7 Å². The number of carbonyl (C=O) groups is 2. The maximum atomic E-state index is 11.8. The lowest BCUT2D eigenvalue weighted by atomic mass is 10.0. The first-order valence-electron chi connectivity index (χ1n) is 7.27. The minimum atomic E-state index is -0.760. The second kappa shape index (κ2) is 6.64. The Balaban J connectivity index is 2.61. The zero-order valence-corrected chi connectivity index (χ0v) is 13.8. The average Bonchev–Trinajstić information content (AvgIpc) is 2.64. The van der Waals surface area contributed by atoms with E-state index in [9.17, 15) is 9.59 Å². The maximum Gasteiger partial charge on any atom is 0.408 e. The Morgan fingerprint density at radius 1 is 1.38 bits per heavy atom. The molecule has 1 fully saturated rings. The van der Waals surface area contributed by atoms with Gasteiger partial charge in [0.2, 0.25) is 0 Å². The number of hydrogen-bond acceptors (Lipinski definition) is 5. The summed E-state index contributed by atoms with van der Waals surface area (Å²) in [6, 6.07) is -0.760. The van der Waals surface area contributed by atoms with Crippen molar-refractivity contribution in [2.45, 2.75) is 77.2 Å². The van der Waals surface area contributed by atoms with Crippen LogP contribution in [0.5, 0.6) is 0 Å². The van der Waals surface area contributed by atoms with Crippen LogP contribution in [0.1, 0.15) is 53.9 Å². The van der Waals surface area contributed by atoms with Crippen molar-refractivity contribution in [2.75, 3.05) is 7.11 Å². The Morgan fingerprint density at radius 2 is 2.00 bits per heavy atom. The van der Waals surface area contributed by atoms with E-state index in [4.69, 9.17) is 14.2 Å². The third-order valence-corrected chi connectivity index (χ3v) is 3.23. The van der Waals surface area contributed by atoms with Gasteiger partial charge in [-0.15, -0.1) is 0 Å². The minimum Gasteiger partial charge on any atom is -0.467 e. The summed E-state index contributed by atoms with van der Waals surface area (Å²) < 4.78 is 15.8. The number of esters is 1. The summed E-state index contributed by atoms with van der Waals surface area (Å²) in [5, 5.41) is 2.56. The van der Waals surface area contributed by atoms with Crippen LogP contribution >= 0.6 is 0 Å². The fraction of sp³-hybridized carbons (Fsp3) is 0.867. The highest BCUT2D eigenvalue weighted by Crippen LogP contribution is 2.31. The first-order chi connectivity index (χ1) is 9.52. The summed E-state index contributed by atoms with van der Waals surface area (Å²) in [5.74, 6) is -0.492. The number of rotatable bonds is 4. The summed E-state index contributed by atoms with van der Waals surface area (Å²) in [7, 11) is 1.30. The number of alkyl carbamates (subject to hydrolysis) is 1. The molecule has 0 aromatic heterocycles. The number of carbonyl (C=O) groups excluding carboxylic acids is 2. The highest BCUT2D eigenvalue weighted by atomic mass is 16.6. The molecule has 122 valence electrons. The Bertz CT molecular complexity index is 386. The van der Waals surface area contributed by atoms with Crippen molar-refractivity contribution in [3.63, 3.8) is 0 Å². The van der Waals surface area contributed by atoms with Crippen LogP contribution in [-0.2, 0) is 19.0 Å². The summed E-state index contributed by atoms with van der Waals surface area (Å²) in [4.78, 5) is 23.6. The average molecular weight is 301 g/mol. The Labute approximate surface area is 126 Å². The van der Waals surface area contributed by atoms with Crippen molar-refractivity contribution in [3.8, 4) is 0 Å². The van der Waals surface area contributed by atoms with E-state index in [2.05, 4.69) is 5.32 Å². The molecule has 0 spiro atoms. The molecular formula is C15H27NO5. The van der Waals surface area contributed by atoms with Crippen LogP contribution in [0.2, 0.25) is 0 Å². The highest BCUT2D eigenvalue weighted by Gasteiger charge is 2.35. The van der Waals surface area contributed by atoms with E-state index in [1.165, 1.54) is 7.11 Å². The summed E-state index contributed by atoms with van der Waals surface area (Å²) in [6.45, 7) is 9.33. The van der Waals surface area contributed by atoms with Crippen molar-refractivity contribution in [2.24, 2.45) is 0 Å². The molecule has 1 saturated heterocycles. The first kappa shape index (κ1) is 17.8. The summed E-state index contributed by atoms with van der Waals surface area (Å²) in [5.41, 5.74) is -0.798. The lowest BCUT2D eigenvalue weighted by Gasteiger charge is -2.25. The van der Waals surface area contributed by atoms with Gasteiger partial charge in [-0.1, -0.05) is 0 Å². The molecule has 1 N–H and O–H groups in total. The normalized spacial score (nSPS) is 22.5. The molecule has 0 radical (unpaired) electrons. The molecule has 0 aromatic carbocycles. The quantitative estimate of drug-likeness (QED) is 0.807. The second-order valence-electron chi connectivity index (χ2n) is 7.00. The third-order valence-electron chi connectivity index (χ3n) is 3.23. The molecule has 21 heavy (non-hydrogen) atoms. The van der Waals surface area contributed by atoms with Crippen molar-refractivity contribution in [1.82, 2.24) is 5.32 Å². The zero-order valence-electron chi connectivity index (χ0n) is 13.8. The molecule has 6 nitrogen and oxygen atoms in total. The summed E-state index contributed by atoms with van der Waals surface area (Å²) >= 11 is 0. The van der Waals surface area contributed by atoms with Gasteiger partial charge in [0.05, 0.1) is 18.8 Å². The van der Waals surface area contributed by atoms with Gasteiger partial charge in [0.25, 0.3) is 0 Å². The van der Waals surface area contributed by atoms with E-state index in [1.54, 1.807) is 20.8 Å². The fourth-order valence-corrected chi connectivity index (χ4v) is 2.31. The largest absolute Gasteiger partial charge is 0.467 e. The number of ether oxygens (including phenoxy) is 3. The standard InChI is InChI=1S/C15H27NO5/c1-14(2,3)21-13(18)16-11(12(17)19-6)9-10-7-8-15(4,5)20-10/h10-11H,7-9H2,1-6H3,(H,16,18)/t10-,11?/m1/s1. The van der Waals surface area contributed by atoms with Crippen LogP contribution in [0.15, 0.2) is 0 Å². The Morgan fingerprint density at radius 3 is 2.43 bits per heavy atom. The van der Waals surface area contributed by atoms with E-state index >= 15 is 0 Å². The van der Waals surface area contributed by atoms with Gasteiger partial charge in [0.1, 0.15) is 11.6 Å². The van der Waals surface area contributed by atoms with Gasteiger partial charge in [-0.05, 0) is 47.5 Å². The molecule has 0 saturated carbocycles. The van der Waals surface area contributed by atoms with E-state index in [0.29, 0.717) is 6.42 Å². The molecule has 1 aliphatic heterocycles. The topological polar surface area (TPSA) is 73.9 Å². The van der Waals surface area contributed by atoms with Gasteiger partial charge in [0, 0.05) is 6.42 Å². The van der Waals surface area contributed by atoms with Gasteiger partial charge in [-0.2, -0.15) is 0 Å².